The van der Waals surface area contributed by atoms with Gasteiger partial charge in [0.25, 0.3) is 11.8 Å². The summed E-state index contributed by atoms with van der Waals surface area (Å²) < 4.78 is 70.1. The van der Waals surface area contributed by atoms with Crippen LogP contribution in [-0.2, 0) is 16.0 Å². The zero-order chi connectivity index (χ0) is 25.5. The lowest BCUT2D eigenvalue weighted by Gasteiger charge is -2.26. The van der Waals surface area contributed by atoms with Gasteiger partial charge in [-0.2, -0.15) is 13.2 Å². The standard InChI is InChI=1S/C25H18F3N3O4S/c26-25(27,28)15-6-5-7-16(14-15)35-24-22(18-9-1-3-10-20(18)30-31-24)23(32)29-19-12-13-36(33,34)21-11-4-2-8-17(19)21/h1-11,14,19H,12-13H2,(H,29,32)/t19-/m0/s1. The Labute approximate surface area is 203 Å². The number of fused-ring (bicyclic) bond motifs is 2. The van der Waals surface area contributed by atoms with E-state index in [-0.39, 0.29) is 34.3 Å². The molecule has 184 valence electrons. The van der Waals surface area contributed by atoms with Crippen LogP contribution in [0.15, 0.2) is 77.7 Å². The van der Waals surface area contributed by atoms with Gasteiger partial charge < -0.3 is 10.1 Å². The molecule has 2 heterocycles. The van der Waals surface area contributed by atoms with E-state index in [1.54, 1.807) is 42.5 Å². The highest BCUT2D eigenvalue weighted by molar-refractivity contribution is 7.91. The van der Waals surface area contributed by atoms with E-state index >= 15 is 0 Å². The fourth-order valence-electron chi connectivity index (χ4n) is 4.15. The maximum atomic E-state index is 13.5. The molecule has 0 spiro atoms. The number of alkyl halides is 3. The second kappa shape index (κ2) is 8.90. The van der Waals surface area contributed by atoms with Gasteiger partial charge in [0.15, 0.2) is 9.84 Å². The number of halogens is 3. The van der Waals surface area contributed by atoms with Crippen LogP contribution in [0, 0.1) is 0 Å². The van der Waals surface area contributed by atoms with Crippen LogP contribution in [0.3, 0.4) is 0 Å². The van der Waals surface area contributed by atoms with Gasteiger partial charge in [0, 0.05) is 5.39 Å². The van der Waals surface area contributed by atoms with Crippen molar-refractivity contribution >= 4 is 26.6 Å². The van der Waals surface area contributed by atoms with Gasteiger partial charge in [-0.25, -0.2) is 8.42 Å². The van der Waals surface area contributed by atoms with Crippen molar-refractivity contribution in [2.45, 2.75) is 23.5 Å². The summed E-state index contributed by atoms with van der Waals surface area (Å²) in [5, 5.41) is 11.2. The summed E-state index contributed by atoms with van der Waals surface area (Å²) in [6, 6.07) is 16.7. The number of nitrogens with zero attached hydrogens (tertiary/aromatic N) is 2. The number of ether oxygens (including phenoxy) is 1. The zero-order valence-electron chi connectivity index (χ0n) is 18.5. The lowest BCUT2D eigenvalue weighted by Crippen LogP contribution is -2.34. The second-order valence-electron chi connectivity index (χ2n) is 8.20. The van der Waals surface area contributed by atoms with Crippen LogP contribution in [-0.4, -0.2) is 30.3 Å². The molecule has 1 aromatic heterocycles. The molecule has 1 amide bonds. The lowest BCUT2D eigenvalue weighted by molar-refractivity contribution is -0.137. The number of amides is 1. The Hall–Kier alpha value is -3.99. The van der Waals surface area contributed by atoms with Crippen LogP contribution in [0.25, 0.3) is 10.9 Å². The first-order valence-electron chi connectivity index (χ1n) is 10.9. The zero-order valence-corrected chi connectivity index (χ0v) is 19.3. The molecule has 0 unspecified atom stereocenters. The van der Waals surface area contributed by atoms with E-state index < -0.39 is 33.5 Å². The highest BCUT2D eigenvalue weighted by Gasteiger charge is 2.33. The summed E-state index contributed by atoms with van der Waals surface area (Å²) >= 11 is 0. The molecule has 0 bridgehead atoms. The average Bonchev–Trinajstić information content (AvgIpc) is 2.85. The van der Waals surface area contributed by atoms with Gasteiger partial charge in [-0.1, -0.05) is 42.5 Å². The molecule has 3 aromatic carbocycles. The van der Waals surface area contributed by atoms with Crippen LogP contribution < -0.4 is 10.1 Å². The number of sulfone groups is 1. The number of aromatic nitrogens is 2. The third kappa shape index (κ3) is 4.49. The van der Waals surface area contributed by atoms with Gasteiger partial charge in [-0.05, 0) is 42.3 Å². The molecule has 1 atom stereocenters. The summed E-state index contributed by atoms with van der Waals surface area (Å²) in [7, 11) is -3.47. The predicted octanol–water partition coefficient (Wildman–Crippen LogP) is 5.09. The van der Waals surface area contributed by atoms with E-state index in [0.29, 0.717) is 16.5 Å². The molecule has 4 aromatic rings. The molecule has 0 aliphatic carbocycles. The first-order valence-corrected chi connectivity index (χ1v) is 12.5. The van der Waals surface area contributed by atoms with Crippen molar-refractivity contribution < 1.29 is 31.1 Å². The van der Waals surface area contributed by atoms with Crippen LogP contribution in [0.5, 0.6) is 11.6 Å². The second-order valence-corrected chi connectivity index (χ2v) is 10.3. The first kappa shape index (κ1) is 23.7. The maximum Gasteiger partial charge on any atom is 0.416 e. The lowest BCUT2D eigenvalue weighted by atomic mass is 10.0. The van der Waals surface area contributed by atoms with Crippen LogP contribution in [0.4, 0.5) is 13.2 Å². The van der Waals surface area contributed by atoms with E-state index in [2.05, 4.69) is 15.5 Å². The number of benzene rings is 3. The van der Waals surface area contributed by atoms with Gasteiger partial charge >= 0.3 is 6.18 Å². The molecule has 0 fully saturated rings. The van der Waals surface area contributed by atoms with Gasteiger partial charge in [-0.3, -0.25) is 4.79 Å². The van der Waals surface area contributed by atoms with E-state index in [9.17, 15) is 26.4 Å². The smallest absolute Gasteiger partial charge is 0.416 e. The van der Waals surface area contributed by atoms with Crippen molar-refractivity contribution in [2.24, 2.45) is 0 Å². The highest BCUT2D eigenvalue weighted by Crippen LogP contribution is 2.35. The molecule has 0 saturated heterocycles. The predicted molar refractivity (Wildman–Crippen MR) is 124 cm³/mol. The quantitative estimate of drug-likeness (QED) is 0.408. The van der Waals surface area contributed by atoms with Crippen molar-refractivity contribution in [1.82, 2.24) is 15.5 Å². The minimum absolute atomic E-state index is 0.0241. The summed E-state index contributed by atoms with van der Waals surface area (Å²) in [5.41, 5.74) is -0.0990. The number of carbonyl (C=O) groups is 1. The van der Waals surface area contributed by atoms with Crippen LogP contribution >= 0.6 is 0 Å². The molecular formula is C25H18F3N3O4S. The molecule has 5 rings (SSSR count). The summed E-state index contributed by atoms with van der Waals surface area (Å²) in [6.45, 7) is 0. The molecule has 1 aliphatic rings. The van der Waals surface area contributed by atoms with Gasteiger partial charge in [0.1, 0.15) is 11.3 Å². The van der Waals surface area contributed by atoms with Crippen LogP contribution in [0.1, 0.15) is 33.9 Å². The van der Waals surface area contributed by atoms with E-state index in [1.807, 2.05) is 0 Å². The third-order valence-corrected chi connectivity index (χ3v) is 7.66. The van der Waals surface area contributed by atoms with Crippen molar-refractivity contribution in [3.8, 4) is 11.6 Å². The van der Waals surface area contributed by atoms with Crippen molar-refractivity contribution in [2.75, 3.05) is 5.75 Å². The Morgan fingerprint density at radius 1 is 0.972 bits per heavy atom. The summed E-state index contributed by atoms with van der Waals surface area (Å²) in [6.07, 6.45) is -4.42. The van der Waals surface area contributed by atoms with Crippen LogP contribution in [0.2, 0.25) is 0 Å². The largest absolute Gasteiger partial charge is 0.437 e. The number of hydrogen-bond donors (Lipinski definition) is 1. The number of nitrogens with one attached hydrogen (secondary N) is 1. The van der Waals surface area contributed by atoms with Gasteiger partial charge in [0.05, 0.1) is 27.8 Å². The minimum Gasteiger partial charge on any atom is -0.437 e. The van der Waals surface area contributed by atoms with Crippen molar-refractivity contribution in [3.05, 3.63) is 89.5 Å². The molecule has 1 aliphatic heterocycles. The topological polar surface area (TPSA) is 98.2 Å². The van der Waals surface area contributed by atoms with Crippen molar-refractivity contribution in [3.63, 3.8) is 0 Å². The summed E-state index contributed by atoms with van der Waals surface area (Å²) in [5.74, 6) is -1.21. The third-order valence-electron chi connectivity index (χ3n) is 5.85. The molecule has 36 heavy (non-hydrogen) atoms. The Bertz CT molecular complexity index is 1590. The molecule has 1 N–H and O–H groups in total. The molecule has 11 heteroatoms. The Morgan fingerprint density at radius 2 is 1.72 bits per heavy atom. The van der Waals surface area contributed by atoms with Crippen molar-refractivity contribution in [1.29, 1.82) is 0 Å². The number of hydrogen-bond acceptors (Lipinski definition) is 6. The Kier molecular flexibility index (Phi) is 5.87. The Balaban J connectivity index is 1.54. The fourth-order valence-corrected chi connectivity index (χ4v) is 5.77. The van der Waals surface area contributed by atoms with E-state index in [0.717, 1.165) is 12.1 Å². The SMILES string of the molecule is O=C(N[C@H]1CCS(=O)(=O)c2ccccc21)c1c(Oc2cccc(C(F)(F)F)c2)nnc2ccccc12. The number of rotatable bonds is 4. The number of carbonyl (C=O) groups excluding carboxylic acids is 1. The van der Waals surface area contributed by atoms with E-state index in [4.69, 9.17) is 4.74 Å². The minimum atomic E-state index is -4.58. The Morgan fingerprint density at radius 3 is 2.53 bits per heavy atom. The van der Waals surface area contributed by atoms with E-state index in [1.165, 1.54) is 18.2 Å². The normalized spacial score (nSPS) is 16.8. The monoisotopic (exact) mass is 513 g/mol. The fraction of sp³-hybridized carbons (Fsp3) is 0.160. The van der Waals surface area contributed by atoms with Gasteiger partial charge in [-0.15, -0.1) is 10.2 Å². The van der Waals surface area contributed by atoms with Gasteiger partial charge in [0.2, 0.25) is 0 Å². The highest BCUT2D eigenvalue weighted by atomic mass is 32.2. The average molecular weight is 513 g/mol. The molecule has 7 nitrogen and oxygen atoms in total. The summed E-state index contributed by atoms with van der Waals surface area (Å²) in [4.78, 5) is 13.7. The molecule has 0 saturated carbocycles. The molecule has 0 radical (unpaired) electrons. The molecular weight excluding hydrogens is 495 g/mol. The maximum absolute atomic E-state index is 13.5. The first-order chi connectivity index (χ1) is 17.1.